The van der Waals surface area contributed by atoms with Crippen LogP contribution in [0.1, 0.15) is 23.2 Å². The Balaban J connectivity index is 1.41. The van der Waals surface area contributed by atoms with Crippen LogP contribution in [0.5, 0.6) is 0 Å². The third kappa shape index (κ3) is 4.23. The Bertz CT molecular complexity index is 1440. The SMILES string of the molecule is Cc1nn(C)c2[nH]c(=O)c(CCC(=O)N3CCN(S(=O)(=O)c4ccc(F)c(F)c4)CC3)c(C)c12. The summed E-state index contributed by atoms with van der Waals surface area (Å²) in [6.45, 7) is 4.10. The molecule has 1 aliphatic rings. The zero-order valence-electron chi connectivity index (χ0n) is 19.1. The first-order valence-corrected chi connectivity index (χ1v) is 12.2. The summed E-state index contributed by atoms with van der Waals surface area (Å²) in [6.07, 6.45) is 0.350. The third-order valence-corrected chi connectivity index (χ3v) is 8.16. The quantitative estimate of drug-likeness (QED) is 0.581. The first-order chi connectivity index (χ1) is 16.0. The minimum Gasteiger partial charge on any atom is -0.340 e. The number of sulfonamides is 1. The predicted molar refractivity (Wildman–Crippen MR) is 121 cm³/mol. The van der Waals surface area contributed by atoms with Crippen LogP contribution < -0.4 is 5.56 Å². The Morgan fingerprint density at radius 2 is 1.79 bits per heavy atom. The van der Waals surface area contributed by atoms with Gasteiger partial charge in [-0.15, -0.1) is 0 Å². The van der Waals surface area contributed by atoms with Crippen LogP contribution in [0.4, 0.5) is 8.78 Å². The molecule has 0 radical (unpaired) electrons. The number of nitrogens with one attached hydrogen (secondary N) is 1. The number of carbonyl (C=O) groups is 1. The van der Waals surface area contributed by atoms with Gasteiger partial charge in [0.15, 0.2) is 11.6 Å². The first kappa shape index (κ1) is 24.0. The van der Waals surface area contributed by atoms with Crippen LogP contribution in [-0.4, -0.2) is 64.5 Å². The molecule has 1 N–H and O–H groups in total. The number of pyridine rings is 1. The number of H-pyrrole nitrogens is 1. The highest BCUT2D eigenvalue weighted by Gasteiger charge is 2.30. The Hall–Kier alpha value is -3.12. The van der Waals surface area contributed by atoms with Crippen molar-refractivity contribution in [1.29, 1.82) is 0 Å². The van der Waals surface area contributed by atoms with E-state index in [9.17, 15) is 26.8 Å². The van der Waals surface area contributed by atoms with Crippen molar-refractivity contribution in [3.8, 4) is 0 Å². The lowest BCUT2D eigenvalue weighted by molar-refractivity contribution is -0.132. The van der Waals surface area contributed by atoms with Crippen LogP contribution in [0.3, 0.4) is 0 Å². The lowest BCUT2D eigenvalue weighted by Crippen LogP contribution is -2.50. The van der Waals surface area contributed by atoms with Crippen LogP contribution in [0.15, 0.2) is 27.9 Å². The predicted octanol–water partition coefficient (Wildman–Crippen LogP) is 1.62. The van der Waals surface area contributed by atoms with Gasteiger partial charge in [0, 0.05) is 50.6 Å². The number of amides is 1. The minimum atomic E-state index is -4.00. The second-order valence-corrected chi connectivity index (χ2v) is 10.3. The molecular formula is C22H25F2N5O4S. The van der Waals surface area contributed by atoms with E-state index in [1.54, 1.807) is 16.6 Å². The van der Waals surface area contributed by atoms with E-state index in [1.807, 2.05) is 13.8 Å². The van der Waals surface area contributed by atoms with Gasteiger partial charge in [0.05, 0.1) is 10.6 Å². The van der Waals surface area contributed by atoms with E-state index in [0.29, 0.717) is 17.3 Å². The topological polar surface area (TPSA) is 108 Å². The molecule has 3 aromatic rings. The van der Waals surface area contributed by atoms with Gasteiger partial charge in [0.2, 0.25) is 15.9 Å². The maximum Gasteiger partial charge on any atom is 0.253 e. The molecule has 4 rings (SSSR count). The van der Waals surface area contributed by atoms with E-state index < -0.39 is 21.7 Å². The molecule has 0 aliphatic carbocycles. The molecule has 0 bridgehead atoms. The molecule has 0 atom stereocenters. The van der Waals surface area contributed by atoms with Gasteiger partial charge in [0.25, 0.3) is 5.56 Å². The number of piperazine rings is 1. The fraction of sp³-hybridized carbons (Fsp3) is 0.409. The van der Waals surface area contributed by atoms with E-state index in [2.05, 4.69) is 10.1 Å². The fourth-order valence-corrected chi connectivity index (χ4v) is 5.84. The highest BCUT2D eigenvalue weighted by molar-refractivity contribution is 7.89. The van der Waals surface area contributed by atoms with Gasteiger partial charge in [0.1, 0.15) is 5.65 Å². The van der Waals surface area contributed by atoms with Crippen LogP contribution in [0, 0.1) is 25.5 Å². The van der Waals surface area contributed by atoms with Crippen molar-refractivity contribution in [2.45, 2.75) is 31.6 Å². The summed E-state index contributed by atoms with van der Waals surface area (Å²) >= 11 is 0. The van der Waals surface area contributed by atoms with E-state index in [-0.39, 0.29) is 55.4 Å². The van der Waals surface area contributed by atoms with Gasteiger partial charge in [-0.2, -0.15) is 9.40 Å². The number of hydrogen-bond acceptors (Lipinski definition) is 5. The van der Waals surface area contributed by atoms with Crippen LogP contribution in [0.25, 0.3) is 11.0 Å². The average Bonchev–Trinajstić information content (AvgIpc) is 3.08. The zero-order valence-corrected chi connectivity index (χ0v) is 19.9. The Morgan fingerprint density at radius 3 is 2.44 bits per heavy atom. The van der Waals surface area contributed by atoms with Gasteiger partial charge in [-0.25, -0.2) is 17.2 Å². The zero-order chi connectivity index (χ0) is 24.8. The standard InChI is InChI=1S/C22H25F2N5O4S/c1-13-16(22(31)25-21-20(13)14(2)26-27(21)3)5-7-19(30)28-8-10-29(11-9-28)34(32,33)15-4-6-17(23)18(24)12-15/h4,6,12H,5,7-11H2,1-3H3,(H,25,31). The smallest absolute Gasteiger partial charge is 0.253 e. The van der Waals surface area contributed by atoms with Crippen LogP contribution in [-0.2, 0) is 28.3 Å². The Labute approximate surface area is 195 Å². The van der Waals surface area contributed by atoms with Crippen molar-refractivity contribution in [3.05, 3.63) is 57.0 Å². The van der Waals surface area contributed by atoms with Crippen molar-refractivity contribution in [2.75, 3.05) is 26.2 Å². The molecule has 1 aliphatic heterocycles. The Morgan fingerprint density at radius 1 is 1.12 bits per heavy atom. The minimum absolute atomic E-state index is 0.0352. The third-order valence-electron chi connectivity index (χ3n) is 6.26. The number of hydrogen-bond donors (Lipinski definition) is 1. The summed E-state index contributed by atoms with van der Waals surface area (Å²) < 4.78 is 54.9. The molecule has 182 valence electrons. The van der Waals surface area contributed by atoms with Gasteiger partial charge in [-0.05, 0) is 44.0 Å². The number of aromatic amines is 1. The lowest BCUT2D eigenvalue weighted by Gasteiger charge is -2.34. The monoisotopic (exact) mass is 493 g/mol. The molecule has 1 amide bonds. The highest BCUT2D eigenvalue weighted by Crippen LogP contribution is 2.22. The second-order valence-electron chi connectivity index (χ2n) is 8.35. The highest BCUT2D eigenvalue weighted by atomic mass is 32.2. The van der Waals surface area contributed by atoms with Crippen molar-refractivity contribution < 1.29 is 22.0 Å². The number of benzene rings is 1. The summed E-state index contributed by atoms with van der Waals surface area (Å²) in [5.74, 6) is -2.55. The number of rotatable bonds is 5. The molecular weight excluding hydrogens is 468 g/mol. The van der Waals surface area contributed by atoms with E-state index in [4.69, 9.17) is 0 Å². The molecule has 0 spiro atoms. The summed E-state index contributed by atoms with van der Waals surface area (Å²) in [7, 11) is -2.25. The number of aromatic nitrogens is 3. The van der Waals surface area contributed by atoms with Gasteiger partial charge in [-0.3, -0.25) is 14.3 Å². The molecule has 1 saturated heterocycles. The molecule has 1 fully saturated rings. The van der Waals surface area contributed by atoms with Crippen LogP contribution >= 0.6 is 0 Å². The summed E-state index contributed by atoms with van der Waals surface area (Å²) in [6, 6.07) is 2.45. The van der Waals surface area contributed by atoms with Crippen molar-refractivity contribution >= 4 is 27.0 Å². The van der Waals surface area contributed by atoms with Crippen LogP contribution in [0.2, 0.25) is 0 Å². The molecule has 34 heavy (non-hydrogen) atoms. The summed E-state index contributed by atoms with van der Waals surface area (Å²) in [5, 5.41) is 5.20. The number of fused-ring (bicyclic) bond motifs is 1. The molecule has 0 saturated carbocycles. The molecule has 9 nitrogen and oxygen atoms in total. The maximum absolute atomic E-state index is 13.5. The molecule has 0 unspecified atom stereocenters. The molecule has 3 heterocycles. The van der Waals surface area contributed by atoms with Gasteiger partial charge < -0.3 is 9.88 Å². The summed E-state index contributed by atoms with van der Waals surface area (Å²) in [5.41, 5.74) is 2.48. The normalized spacial score (nSPS) is 15.3. The number of halogens is 2. The Kier molecular flexibility index (Phi) is 6.30. The van der Waals surface area contributed by atoms with E-state index in [1.165, 1.54) is 0 Å². The van der Waals surface area contributed by atoms with Crippen molar-refractivity contribution in [2.24, 2.45) is 7.05 Å². The lowest BCUT2D eigenvalue weighted by atomic mass is 10.0. The molecule has 2 aromatic heterocycles. The molecule has 12 heteroatoms. The fourth-order valence-electron chi connectivity index (χ4n) is 4.41. The van der Waals surface area contributed by atoms with Crippen molar-refractivity contribution in [1.82, 2.24) is 24.0 Å². The largest absolute Gasteiger partial charge is 0.340 e. The van der Waals surface area contributed by atoms with Gasteiger partial charge in [-0.1, -0.05) is 0 Å². The second kappa shape index (κ2) is 8.91. The maximum atomic E-state index is 13.5. The molecule has 1 aromatic carbocycles. The van der Waals surface area contributed by atoms with E-state index >= 15 is 0 Å². The van der Waals surface area contributed by atoms with Gasteiger partial charge >= 0.3 is 0 Å². The first-order valence-electron chi connectivity index (χ1n) is 10.8. The van der Waals surface area contributed by atoms with Crippen molar-refractivity contribution in [3.63, 3.8) is 0 Å². The van der Waals surface area contributed by atoms with E-state index in [0.717, 1.165) is 33.1 Å². The number of nitrogens with zero attached hydrogens (tertiary/aromatic N) is 4. The average molecular weight is 494 g/mol. The number of aryl methyl sites for hydroxylation is 3. The summed E-state index contributed by atoms with van der Waals surface area (Å²) in [4.78, 5) is 29.4. The number of carbonyl (C=O) groups excluding carboxylic acids is 1.